The van der Waals surface area contributed by atoms with Crippen LogP contribution in [0.1, 0.15) is 26.7 Å². The highest BCUT2D eigenvalue weighted by Crippen LogP contribution is 2.37. The van der Waals surface area contributed by atoms with Gasteiger partial charge in [-0.2, -0.15) is 0 Å². The Bertz CT molecular complexity index is 68.6. The molecule has 0 aromatic carbocycles. The van der Waals surface area contributed by atoms with Crippen LogP contribution in [0.25, 0.3) is 0 Å². The minimum absolute atomic E-state index is 0.564. The molecule has 0 heterocycles. The highest BCUT2D eigenvalue weighted by molar-refractivity contribution is 7.47. The fourth-order valence-electron chi connectivity index (χ4n) is 0.584. The third-order valence-electron chi connectivity index (χ3n) is 1.05. The summed E-state index contributed by atoms with van der Waals surface area (Å²) in [4.78, 5) is 0. The van der Waals surface area contributed by atoms with Crippen LogP contribution in [0, 0.1) is 0 Å². The van der Waals surface area contributed by atoms with Crippen molar-refractivity contribution in [1.29, 1.82) is 0 Å². The molecule has 0 N–H and O–H groups in total. The highest BCUT2D eigenvalue weighted by Gasteiger charge is 2.04. The number of hydrogen-bond donors (Lipinski definition) is 0. The Labute approximate surface area is 64.8 Å². The Kier molecular flexibility index (Phi) is 7.72. The number of rotatable bonds is 6. The molecule has 0 saturated heterocycles. The van der Waals surface area contributed by atoms with Gasteiger partial charge in [-0.1, -0.05) is 13.8 Å². The van der Waals surface area contributed by atoms with Gasteiger partial charge in [0.25, 0.3) is 0 Å². The van der Waals surface area contributed by atoms with Gasteiger partial charge in [-0.15, -0.1) is 0 Å². The molecular formula is C7H17O2P. The van der Waals surface area contributed by atoms with Crippen LogP contribution < -0.4 is 0 Å². The van der Waals surface area contributed by atoms with Gasteiger partial charge in [0, 0.05) is 13.3 Å². The zero-order chi connectivity index (χ0) is 7.82. The molecule has 3 heteroatoms. The van der Waals surface area contributed by atoms with Crippen molar-refractivity contribution in [1.82, 2.24) is 0 Å². The Hall–Kier alpha value is 0.350. The van der Waals surface area contributed by atoms with Crippen LogP contribution in [0.2, 0.25) is 0 Å². The maximum atomic E-state index is 5.42. The van der Waals surface area contributed by atoms with E-state index in [9.17, 15) is 0 Å². The summed E-state index contributed by atoms with van der Waals surface area (Å²) < 4.78 is 10.6. The summed E-state index contributed by atoms with van der Waals surface area (Å²) in [7, 11) is 1.15. The molecule has 0 amide bonds. The summed E-state index contributed by atoms with van der Waals surface area (Å²) in [5.41, 5.74) is 0. The molecule has 1 unspecified atom stereocenters. The second-order valence-corrected chi connectivity index (χ2v) is 3.81. The summed E-state index contributed by atoms with van der Waals surface area (Å²) >= 11 is 0. The Morgan fingerprint density at radius 2 is 1.90 bits per heavy atom. The van der Waals surface area contributed by atoms with E-state index >= 15 is 0 Å². The van der Waals surface area contributed by atoms with Crippen LogP contribution in [0.5, 0.6) is 0 Å². The van der Waals surface area contributed by atoms with Crippen LogP contribution in [0.15, 0.2) is 0 Å². The van der Waals surface area contributed by atoms with Gasteiger partial charge in [0.2, 0.25) is 0 Å². The molecule has 1 atom stereocenters. The van der Waals surface area contributed by atoms with E-state index in [1.807, 2.05) is 0 Å². The molecule has 0 aliphatic rings. The van der Waals surface area contributed by atoms with Gasteiger partial charge in [0.15, 0.2) is 8.38 Å². The van der Waals surface area contributed by atoms with Gasteiger partial charge in [-0.25, -0.2) is 0 Å². The monoisotopic (exact) mass is 164 g/mol. The van der Waals surface area contributed by atoms with Crippen LogP contribution in [0.3, 0.4) is 0 Å². The first-order valence-corrected chi connectivity index (χ1v) is 5.16. The summed E-state index contributed by atoms with van der Waals surface area (Å²) in [6, 6.07) is 0. The second-order valence-electron chi connectivity index (χ2n) is 2.07. The van der Waals surface area contributed by atoms with Gasteiger partial charge in [0.05, 0.1) is 6.61 Å². The summed E-state index contributed by atoms with van der Waals surface area (Å²) in [6.45, 7) is 5.08. The lowest BCUT2D eigenvalue weighted by atomic mass is 10.5. The first-order chi connectivity index (χ1) is 4.85. The van der Waals surface area contributed by atoms with E-state index in [0.717, 1.165) is 25.6 Å². The summed E-state index contributed by atoms with van der Waals surface area (Å²) in [5.74, 6) is 0. The lowest BCUT2D eigenvalue weighted by Crippen LogP contribution is -1.92. The molecule has 0 bridgehead atoms. The van der Waals surface area contributed by atoms with Crippen molar-refractivity contribution >= 4 is 8.38 Å². The van der Waals surface area contributed by atoms with Crippen LogP contribution >= 0.6 is 8.38 Å². The lowest BCUT2D eigenvalue weighted by molar-refractivity contribution is 0.283. The van der Waals surface area contributed by atoms with Gasteiger partial charge in [-0.3, -0.25) is 0 Å². The molecule has 62 valence electrons. The average molecular weight is 164 g/mol. The van der Waals surface area contributed by atoms with E-state index < -0.39 is 8.38 Å². The van der Waals surface area contributed by atoms with E-state index in [1.54, 1.807) is 7.11 Å². The van der Waals surface area contributed by atoms with Crippen LogP contribution in [0.4, 0.5) is 0 Å². The first-order valence-electron chi connectivity index (χ1n) is 3.79. The van der Waals surface area contributed by atoms with Crippen molar-refractivity contribution in [2.45, 2.75) is 26.7 Å². The molecule has 0 aliphatic carbocycles. The molecule has 0 saturated carbocycles. The average Bonchev–Trinajstić information content (AvgIpc) is 1.98. The predicted octanol–water partition coefficient (Wildman–Crippen LogP) is 2.78. The zero-order valence-corrected chi connectivity index (χ0v) is 7.99. The third kappa shape index (κ3) is 5.16. The standard InChI is InChI=1S/C7H17O2P/c1-4-6-9-10(8-3)7-5-2/h4-7H2,1-3H3. The van der Waals surface area contributed by atoms with Crippen molar-refractivity contribution < 1.29 is 9.05 Å². The maximum absolute atomic E-state index is 5.42. The zero-order valence-electron chi connectivity index (χ0n) is 7.09. The molecule has 0 aromatic rings. The first kappa shape index (κ1) is 10.3. The lowest BCUT2D eigenvalue weighted by Gasteiger charge is -2.12. The minimum atomic E-state index is -0.564. The molecule has 0 rings (SSSR count). The van der Waals surface area contributed by atoms with E-state index in [2.05, 4.69) is 13.8 Å². The molecule has 0 spiro atoms. The SMILES string of the molecule is CCCOP(CCC)OC. The van der Waals surface area contributed by atoms with Crippen molar-refractivity contribution in [3.05, 3.63) is 0 Å². The Morgan fingerprint density at radius 1 is 1.20 bits per heavy atom. The van der Waals surface area contributed by atoms with Crippen molar-refractivity contribution in [3.63, 3.8) is 0 Å². The largest absolute Gasteiger partial charge is 0.337 e. The second kappa shape index (κ2) is 7.46. The van der Waals surface area contributed by atoms with Crippen LogP contribution in [-0.4, -0.2) is 19.9 Å². The van der Waals surface area contributed by atoms with Gasteiger partial charge in [-0.05, 0) is 12.8 Å². The van der Waals surface area contributed by atoms with E-state index in [-0.39, 0.29) is 0 Å². The third-order valence-corrected chi connectivity index (χ3v) is 2.74. The molecule has 0 fully saturated rings. The Morgan fingerprint density at radius 3 is 2.30 bits per heavy atom. The van der Waals surface area contributed by atoms with E-state index in [4.69, 9.17) is 9.05 Å². The molecule has 0 aliphatic heterocycles. The molecule has 10 heavy (non-hydrogen) atoms. The maximum Gasteiger partial charge on any atom is 0.170 e. The Balaban J connectivity index is 3.21. The normalized spacial score (nSPS) is 13.5. The fourth-order valence-corrected chi connectivity index (χ4v) is 1.75. The number of hydrogen-bond acceptors (Lipinski definition) is 2. The van der Waals surface area contributed by atoms with Crippen molar-refractivity contribution in [2.24, 2.45) is 0 Å². The predicted molar refractivity (Wildman–Crippen MR) is 45.3 cm³/mol. The molecule has 2 nitrogen and oxygen atoms in total. The quantitative estimate of drug-likeness (QED) is 0.562. The molecule has 0 aromatic heterocycles. The van der Waals surface area contributed by atoms with Crippen molar-refractivity contribution in [2.75, 3.05) is 19.9 Å². The minimum Gasteiger partial charge on any atom is -0.337 e. The van der Waals surface area contributed by atoms with Gasteiger partial charge >= 0.3 is 0 Å². The van der Waals surface area contributed by atoms with E-state index in [0.29, 0.717) is 0 Å². The van der Waals surface area contributed by atoms with Gasteiger partial charge in [0.1, 0.15) is 0 Å². The van der Waals surface area contributed by atoms with Crippen LogP contribution in [-0.2, 0) is 9.05 Å². The van der Waals surface area contributed by atoms with Gasteiger partial charge < -0.3 is 9.05 Å². The fraction of sp³-hybridized carbons (Fsp3) is 1.00. The molecular weight excluding hydrogens is 147 g/mol. The van der Waals surface area contributed by atoms with Crippen molar-refractivity contribution in [3.8, 4) is 0 Å². The smallest absolute Gasteiger partial charge is 0.170 e. The summed E-state index contributed by atoms with van der Waals surface area (Å²) in [5, 5.41) is 0. The molecule has 0 radical (unpaired) electrons. The summed E-state index contributed by atoms with van der Waals surface area (Å²) in [6.07, 6.45) is 3.28. The highest BCUT2D eigenvalue weighted by atomic mass is 31.2. The topological polar surface area (TPSA) is 18.5 Å². The van der Waals surface area contributed by atoms with E-state index in [1.165, 1.54) is 0 Å².